The molecule has 1 unspecified atom stereocenters. The van der Waals surface area contributed by atoms with E-state index in [-0.39, 0.29) is 29.6 Å². The van der Waals surface area contributed by atoms with Gasteiger partial charge in [0.1, 0.15) is 5.75 Å². The molecule has 2 aromatic carbocycles. The van der Waals surface area contributed by atoms with E-state index in [2.05, 4.69) is 15.5 Å². The van der Waals surface area contributed by atoms with Crippen LogP contribution < -0.4 is 20.5 Å². The molecule has 0 bridgehead atoms. The highest BCUT2D eigenvalue weighted by Gasteiger charge is 2.32. The quantitative estimate of drug-likeness (QED) is 0.715. The minimum Gasteiger partial charge on any atom is -0.497 e. The van der Waals surface area contributed by atoms with Gasteiger partial charge in [-0.3, -0.25) is 14.4 Å². The average molecular weight is 378 g/mol. The largest absolute Gasteiger partial charge is 0.497 e. The van der Waals surface area contributed by atoms with E-state index in [1.807, 2.05) is 12.1 Å². The molecule has 4 rings (SSSR count). The van der Waals surface area contributed by atoms with Gasteiger partial charge in [0.15, 0.2) is 5.69 Å². The maximum Gasteiger partial charge on any atom is 0.272 e. The van der Waals surface area contributed by atoms with Gasteiger partial charge in [0.2, 0.25) is 5.91 Å². The molecule has 8 heteroatoms. The van der Waals surface area contributed by atoms with E-state index in [1.165, 1.54) is 0 Å². The van der Waals surface area contributed by atoms with Crippen LogP contribution in [0.1, 0.15) is 16.9 Å². The van der Waals surface area contributed by atoms with E-state index < -0.39 is 5.91 Å². The van der Waals surface area contributed by atoms with Crippen LogP contribution in [0.25, 0.3) is 10.8 Å². The monoisotopic (exact) mass is 378 g/mol. The lowest BCUT2D eigenvalue weighted by atomic mass is 10.1. The molecule has 1 fully saturated rings. The molecule has 142 valence electrons. The second-order valence-corrected chi connectivity index (χ2v) is 6.53. The molecule has 1 aromatic heterocycles. The van der Waals surface area contributed by atoms with Crippen molar-refractivity contribution in [2.24, 2.45) is 0 Å². The molecular weight excluding hydrogens is 360 g/mol. The number of benzene rings is 2. The van der Waals surface area contributed by atoms with E-state index in [0.29, 0.717) is 28.8 Å². The van der Waals surface area contributed by atoms with Gasteiger partial charge >= 0.3 is 0 Å². The maximum atomic E-state index is 12.7. The van der Waals surface area contributed by atoms with Gasteiger partial charge in [-0.1, -0.05) is 24.3 Å². The Bertz CT molecular complexity index is 1120. The zero-order valence-electron chi connectivity index (χ0n) is 15.1. The third kappa shape index (κ3) is 3.20. The van der Waals surface area contributed by atoms with E-state index in [1.54, 1.807) is 48.4 Å². The molecule has 2 heterocycles. The zero-order valence-corrected chi connectivity index (χ0v) is 15.1. The molecule has 28 heavy (non-hydrogen) atoms. The Hall–Kier alpha value is -3.68. The Morgan fingerprint density at radius 2 is 1.96 bits per heavy atom. The summed E-state index contributed by atoms with van der Waals surface area (Å²) in [6, 6.07) is 13.6. The van der Waals surface area contributed by atoms with Crippen LogP contribution in [0.2, 0.25) is 0 Å². The van der Waals surface area contributed by atoms with Crippen molar-refractivity contribution >= 4 is 28.3 Å². The first-order valence-corrected chi connectivity index (χ1v) is 8.79. The van der Waals surface area contributed by atoms with Crippen molar-refractivity contribution in [2.75, 3.05) is 18.6 Å². The molecule has 2 N–H and O–H groups in total. The number of anilines is 1. The summed E-state index contributed by atoms with van der Waals surface area (Å²) in [4.78, 5) is 38.7. The van der Waals surface area contributed by atoms with Crippen LogP contribution in [0, 0.1) is 0 Å². The van der Waals surface area contributed by atoms with Crippen molar-refractivity contribution in [3.63, 3.8) is 0 Å². The predicted octanol–water partition coefficient (Wildman–Crippen LogP) is 1.47. The smallest absolute Gasteiger partial charge is 0.272 e. The summed E-state index contributed by atoms with van der Waals surface area (Å²) in [5.41, 5.74) is 0.489. The Balaban J connectivity index is 1.54. The topological polar surface area (TPSA) is 104 Å². The Morgan fingerprint density at radius 1 is 1.18 bits per heavy atom. The van der Waals surface area contributed by atoms with E-state index in [9.17, 15) is 14.4 Å². The van der Waals surface area contributed by atoms with Crippen molar-refractivity contribution in [1.82, 2.24) is 15.5 Å². The molecule has 1 atom stereocenters. The molecular formula is C20H18N4O4. The second-order valence-electron chi connectivity index (χ2n) is 6.53. The number of rotatable bonds is 4. The standard InChI is InChI=1S/C20H18N4O4/c1-28-14-6-4-5-13(10-14)24-11-12(9-17(24)25)21-20(27)18-15-7-2-3-8-16(15)19(26)23-22-18/h2-8,10,12H,9,11H2,1H3,(H,21,27)(H,23,26). The van der Waals surface area contributed by atoms with Gasteiger partial charge < -0.3 is 15.0 Å². The van der Waals surface area contributed by atoms with Gasteiger partial charge in [-0.2, -0.15) is 5.10 Å². The number of H-pyrrole nitrogens is 1. The minimum atomic E-state index is -0.433. The van der Waals surface area contributed by atoms with Crippen LogP contribution in [0.4, 0.5) is 5.69 Å². The molecule has 1 aliphatic heterocycles. The normalized spacial score (nSPS) is 16.4. The highest BCUT2D eigenvalue weighted by molar-refractivity contribution is 6.05. The predicted molar refractivity (Wildman–Crippen MR) is 104 cm³/mol. The fourth-order valence-electron chi connectivity index (χ4n) is 3.37. The van der Waals surface area contributed by atoms with Crippen LogP contribution >= 0.6 is 0 Å². The number of aromatic amines is 1. The number of nitrogens with zero attached hydrogens (tertiary/aromatic N) is 2. The molecule has 2 amide bonds. The van der Waals surface area contributed by atoms with Gasteiger partial charge in [0, 0.05) is 30.1 Å². The number of methoxy groups -OCH3 is 1. The lowest BCUT2D eigenvalue weighted by Crippen LogP contribution is -2.38. The first-order chi connectivity index (χ1) is 13.6. The summed E-state index contributed by atoms with van der Waals surface area (Å²) in [5, 5.41) is 9.96. The summed E-state index contributed by atoms with van der Waals surface area (Å²) in [6.07, 6.45) is 0.185. The fourth-order valence-corrected chi connectivity index (χ4v) is 3.37. The molecule has 3 aromatic rings. The van der Waals surface area contributed by atoms with Crippen molar-refractivity contribution < 1.29 is 14.3 Å². The second kappa shape index (κ2) is 7.15. The summed E-state index contributed by atoms with van der Waals surface area (Å²) in [6.45, 7) is 0.346. The van der Waals surface area contributed by atoms with Crippen LogP contribution in [-0.4, -0.2) is 41.7 Å². The third-order valence-corrected chi connectivity index (χ3v) is 4.74. The number of hydrogen-bond donors (Lipinski definition) is 2. The lowest BCUT2D eigenvalue weighted by molar-refractivity contribution is -0.117. The van der Waals surface area contributed by atoms with Crippen molar-refractivity contribution in [3.8, 4) is 5.75 Å². The molecule has 0 saturated carbocycles. The molecule has 0 spiro atoms. The molecule has 0 aliphatic carbocycles. The first-order valence-electron chi connectivity index (χ1n) is 8.79. The first kappa shape index (κ1) is 17.7. The Labute approximate surface area is 160 Å². The average Bonchev–Trinajstić information content (AvgIpc) is 3.08. The number of amides is 2. The van der Waals surface area contributed by atoms with Crippen LogP contribution in [-0.2, 0) is 4.79 Å². The number of aromatic nitrogens is 2. The van der Waals surface area contributed by atoms with Crippen molar-refractivity contribution in [1.29, 1.82) is 0 Å². The van der Waals surface area contributed by atoms with Gasteiger partial charge in [-0.05, 0) is 18.2 Å². The van der Waals surface area contributed by atoms with E-state index in [4.69, 9.17) is 4.74 Å². The molecule has 1 saturated heterocycles. The fraction of sp³-hybridized carbons (Fsp3) is 0.200. The molecule has 0 radical (unpaired) electrons. The number of fused-ring (bicyclic) bond motifs is 1. The summed E-state index contributed by atoms with van der Waals surface area (Å²) >= 11 is 0. The van der Waals surface area contributed by atoms with Crippen LogP contribution in [0.3, 0.4) is 0 Å². The third-order valence-electron chi connectivity index (χ3n) is 4.74. The number of hydrogen-bond acceptors (Lipinski definition) is 5. The summed E-state index contributed by atoms with van der Waals surface area (Å²) in [5.74, 6) is 0.136. The van der Waals surface area contributed by atoms with Gasteiger partial charge in [0.05, 0.1) is 18.5 Å². The highest BCUT2D eigenvalue weighted by atomic mass is 16.5. The van der Waals surface area contributed by atoms with E-state index in [0.717, 1.165) is 0 Å². The van der Waals surface area contributed by atoms with Crippen LogP contribution in [0.15, 0.2) is 53.3 Å². The van der Waals surface area contributed by atoms with Gasteiger partial charge in [-0.25, -0.2) is 5.10 Å². The molecule has 1 aliphatic rings. The van der Waals surface area contributed by atoms with Crippen molar-refractivity contribution in [3.05, 3.63) is 64.6 Å². The van der Waals surface area contributed by atoms with Crippen molar-refractivity contribution in [2.45, 2.75) is 12.5 Å². The van der Waals surface area contributed by atoms with Crippen LogP contribution in [0.5, 0.6) is 5.75 Å². The maximum absolute atomic E-state index is 12.7. The summed E-state index contributed by atoms with van der Waals surface area (Å²) in [7, 11) is 1.56. The number of nitrogens with one attached hydrogen (secondary N) is 2. The number of carbonyl (C=O) groups excluding carboxylic acids is 2. The number of carbonyl (C=O) groups is 2. The van der Waals surface area contributed by atoms with Gasteiger partial charge in [0.25, 0.3) is 11.5 Å². The molecule has 8 nitrogen and oxygen atoms in total. The minimum absolute atomic E-state index is 0.0853. The Kier molecular flexibility index (Phi) is 4.52. The number of ether oxygens (including phenoxy) is 1. The van der Waals surface area contributed by atoms with E-state index >= 15 is 0 Å². The zero-order chi connectivity index (χ0) is 19.7. The summed E-state index contributed by atoms with van der Waals surface area (Å²) < 4.78 is 5.20. The highest BCUT2D eigenvalue weighted by Crippen LogP contribution is 2.25. The van der Waals surface area contributed by atoms with Gasteiger partial charge in [-0.15, -0.1) is 0 Å². The lowest BCUT2D eigenvalue weighted by Gasteiger charge is -2.18. The SMILES string of the molecule is COc1cccc(N2CC(NC(=O)c3n[nH]c(=O)c4ccccc34)CC2=O)c1. The Morgan fingerprint density at radius 3 is 2.75 bits per heavy atom.